The number of hydrogen-bond acceptors (Lipinski definition) is 0. The van der Waals surface area contributed by atoms with Crippen molar-refractivity contribution in [3.63, 3.8) is 0 Å². The van der Waals surface area contributed by atoms with E-state index in [1.807, 2.05) is 6.92 Å². The average molecular weight is 325 g/mol. The fourth-order valence-corrected chi connectivity index (χ4v) is 3.49. The molecule has 1 nitrogen and oxygen atoms in total. The second-order valence-corrected chi connectivity index (χ2v) is 6.25. The standard InChI is InChI=1S/C21H18F2N/c1-13-8-9-20(24(3)12-13)16-11-19-17(10-14(16)2)15-6-4-5-7-18(15)21(19,22)23/h4-12H,1-3H3/q+1/i1D3. The molecular formula is C21H18F2N+. The summed E-state index contributed by atoms with van der Waals surface area (Å²) < 4.78 is 54.3. The highest BCUT2D eigenvalue weighted by atomic mass is 19.3. The summed E-state index contributed by atoms with van der Waals surface area (Å²) in [5.74, 6) is -3.05. The van der Waals surface area contributed by atoms with Gasteiger partial charge in [-0.05, 0) is 42.6 Å². The molecule has 0 saturated heterocycles. The van der Waals surface area contributed by atoms with Crippen LogP contribution in [0.4, 0.5) is 8.78 Å². The van der Waals surface area contributed by atoms with Gasteiger partial charge in [0.15, 0.2) is 6.20 Å². The maximum absolute atomic E-state index is 15.0. The molecule has 3 aromatic rings. The summed E-state index contributed by atoms with van der Waals surface area (Å²) in [5.41, 5.74) is 3.57. The molecule has 0 fully saturated rings. The lowest BCUT2D eigenvalue weighted by atomic mass is 9.96. The van der Waals surface area contributed by atoms with E-state index in [0.29, 0.717) is 22.4 Å². The topological polar surface area (TPSA) is 3.88 Å². The maximum atomic E-state index is 15.0. The molecule has 4 rings (SSSR count). The van der Waals surface area contributed by atoms with Crippen LogP contribution in [-0.2, 0) is 13.0 Å². The molecule has 0 unspecified atom stereocenters. The summed E-state index contributed by atoms with van der Waals surface area (Å²) in [4.78, 5) is 0. The Bertz CT molecular complexity index is 1070. The molecule has 0 N–H and O–H groups in total. The van der Waals surface area contributed by atoms with E-state index in [9.17, 15) is 8.78 Å². The number of nitrogens with zero attached hydrogens (tertiary/aromatic N) is 1. The van der Waals surface area contributed by atoms with Crippen LogP contribution in [0.15, 0.2) is 54.7 Å². The molecule has 120 valence electrons. The Morgan fingerprint density at radius 1 is 0.958 bits per heavy atom. The van der Waals surface area contributed by atoms with Gasteiger partial charge in [-0.2, -0.15) is 8.78 Å². The van der Waals surface area contributed by atoms with Gasteiger partial charge >= 0.3 is 0 Å². The lowest BCUT2D eigenvalue weighted by Crippen LogP contribution is -2.31. The van der Waals surface area contributed by atoms with E-state index < -0.39 is 12.8 Å². The van der Waals surface area contributed by atoms with Crippen LogP contribution in [-0.4, -0.2) is 0 Å². The minimum absolute atomic E-state index is 0.0100. The maximum Gasteiger partial charge on any atom is 0.299 e. The lowest BCUT2D eigenvalue weighted by Gasteiger charge is -2.14. The summed E-state index contributed by atoms with van der Waals surface area (Å²) in [7, 11) is 1.73. The molecule has 0 amide bonds. The zero-order valence-electron chi connectivity index (χ0n) is 16.4. The van der Waals surface area contributed by atoms with Gasteiger partial charge < -0.3 is 0 Å². The molecular weight excluding hydrogens is 304 g/mol. The van der Waals surface area contributed by atoms with Gasteiger partial charge in [0.25, 0.3) is 5.92 Å². The molecule has 1 aromatic heterocycles. The van der Waals surface area contributed by atoms with Crippen molar-refractivity contribution in [2.75, 3.05) is 0 Å². The monoisotopic (exact) mass is 325 g/mol. The van der Waals surface area contributed by atoms with Crippen molar-refractivity contribution in [2.45, 2.75) is 19.7 Å². The van der Waals surface area contributed by atoms with Crippen LogP contribution in [0.25, 0.3) is 22.4 Å². The van der Waals surface area contributed by atoms with E-state index >= 15 is 0 Å². The molecule has 1 heterocycles. The predicted molar refractivity (Wildman–Crippen MR) is 91.0 cm³/mol. The molecule has 0 spiro atoms. The van der Waals surface area contributed by atoms with Crippen molar-refractivity contribution >= 4 is 0 Å². The lowest BCUT2D eigenvalue weighted by molar-refractivity contribution is -0.660. The van der Waals surface area contributed by atoms with Crippen LogP contribution >= 0.6 is 0 Å². The number of aromatic nitrogens is 1. The Hall–Kier alpha value is -2.55. The van der Waals surface area contributed by atoms with E-state index in [4.69, 9.17) is 4.11 Å². The van der Waals surface area contributed by atoms with E-state index in [1.54, 1.807) is 41.9 Å². The van der Waals surface area contributed by atoms with Crippen LogP contribution in [0, 0.1) is 13.8 Å². The second kappa shape index (κ2) is 4.97. The summed E-state index contributed by atoms with van der Waals surface area (Å²) in [6.07, 6.45) is 1.53. The predicted octanol–water partition coefficient (Wildman–Crippen LogP) is 4.92. The van der Waals surface area contributed by atoms with Gasteiger partial charge in [0.2, 0.25) is 5.69 Å². The first-order chi connectivity index (χ1) is 12.6. The third-order valence-electron chi connectivity index (χ3n) is 4.67. The fourth-order valence-electron chi connectivity index (χ4n) is 3.49. The Morgan fingerprint density at radius 3 is 2.50 bits per heavy atom. The summed E-state index contributed by atoms with van der Waals surface area (Å²) in [6.45, 7) is -0.329. The molecule has 0 atom stereocenters. The number of rotatable bonds is 1. The average Bonchev–Trinajstić information content (AvgIpc) is 2.81. The van der Waals surface area contributed by atoms with Crippen LogP contribution < -0.4 is 4.57 Å². The van der Waals surface area contributed by atoms with Gasteiger partial charge in [-0.25, -0.2) is 4.57 Å². The zero-order valence-corrected chi connectivity index (χ0v) is 13.4. The Labute approximate surface area is 144 Å². The molecule has 1 aliphatic carbocycles. The molecule has 1 aliphatic rings. The second-order valence-electron chi connectivity index (χ2n) is 6.25. The van der Waals surface area contributed by atoms with Crippen molar-refractivity contribution in [3.05, 3.63) is 77.0 Å². The number of aryl methyl sites for hydroxylation is 3. The Morgan fingerprint density at radius 2 is 1.75 bits per heavy atom. The largest absolute Gasteiger partial charge is 0.299 e. The van der Waals surface area contributed by atoms with E-state index in [1.165, 1.54) is 24.4 Å². The molecule has 0 radical (unpaired) electrons. The summed E-state index contributed by atoms with van der Waals surface area (Å²) in [5, 5.41) is 0. The van der Waals surface area contributed by atoms with Gasteiger partial charge in [0.1, 0.15) is 7.05 Å². The molecule has 0 saturated carbocycles. The SMILES string of the molecule is [2H]C([2H])([2H])c1ccc(-c2cc3c(cc2C)-c2ccccc2C3(F)F)[n+](C)c1. The molecule has 0 aliphatic heterocycles. The summed E-state index contributed by atoms with van der Waals surface area (Å²) in [6, 6.07) is 13.1. The zero-order chi connectivity index (χ0) is 19.6. The molecule has 0 bridgehead atoms. The molecule has 2 aromatic carbocycles. The number of alkyl halides is 2. The highest BCUT2D eigenvalue weighted by Crippen LogP contribution is 2.52. The van der Waals surface area contributed by atoms with Crippen LogP contribution in [0.5, 0.6) is 0 Å². The van der Waals surface area contributed by atoms with Gasteiger partial charge in [0, 0.05) is 32.4 Å². The van der Waals surface area contributed by atoms with Crippen LogP contribution in [0.1, 0.15) is 26.4 Å². The van der Waals surface area contributed by atoms with E-state index in [-0.39, 0.29) is 16.7 Å². The molecule has 24 heavy (non-hydrogen) atoms. The third-order valence-corrected chi connectivity index (χ3v) is 4.67. The van der Waals surface area contributed by atoms with Crippen molar-refractivity contribution in [3.8, 4) is 22.4 Å². The van der Waals surface area contributed by atoms with E-state index in [0.717, 1.165) is 5.56 Å². The van der Waals surface area contributed by atoms with Crippen molar-refractivity contribution in [1.82, 2.24) is 0 Å². The smallest absolute Gasteiger partial charge is 0.201 e. The van der Waals surface area contributed by atoms with Crippen molar-refractivity contribution < 1.29 is 17.5 Å². The van der Waals surface area contributed by atoms with Gasteiger partial charge in [-0.1, -0.05) is 30.3 Å². The quantitative estimate of drug-likeness (QED) is 0.559. The highest BCUT2D eigenvalue weighted by Gasteiger charge is 2.44. The normalized spacial score (nSPS) is 16.8. The third kappa shape index (κ3) is 2.01. The number of pyridine rings is 1. The Balaban J connectivity index is 1.90. The van der Waals surface area contributed by atoms with E-state index in [2.05, 4.69) is 0 Å². The fraction of sp³-hybridized carbons (Fsp3) is 0.190. The van der Waals surface area contributed by atoms with Gasteiger partial charge in [-0.15, -0.1) is 0 Å². The first-order valence-corrected chi connectivity index (χ1v) is 7.74. The van der Waals surface area contributed by atoms with Gasteiger partial charge in [0.05, 0.1) is 0 Å². The number of fused-ring (bicyclic) bond motifs is 3. The Kier molecular flexibility index (Phi) is 2.47. The molecule has 3 heteroatoms. The summed E-state index contributed by atoms with van der Waals surface area (Å²) >= 11 is 0. The number of hydrogen-bond donors (Lipinski definition) is 0. The number of benzene rings is 2. The van der Waals surface area contributed by atoms with Gasteiger partial charge in [-0.3, -0.25) is 0 Å². The first-order valence-electron chi connectivity index (χ1n) is 9.24. The van der Waals surface area contributed by atoms with Crippen molar-refractivity contribution in [1.29, 1.82) is 0 Å². The van der Waals surface area contributed by atoms with Crippen LogP contribution in [0.3, 0.4) is 0 Å². The number of halogens is 2. The van der Waals surface area contributed by atoms with Crippen molar-refractivity contribution in [2.24, 2.45) is 7.05 Å². The minimum Gasteiger partial charge on any atom is -0.201 e. The first kappa shape index (κ1) is 11.9. The van der Waals surface area contributed by atoms with Crippen LogP contribution in [0.2, 0.25) is 0 Å². The highest BCUT2D eigenvalue weighted by molar-refractivity contribution is 5.83. The minimum atomic E-state index is -3.05.